The third kappa shape index (κ3) is 4.60. The maximum absolute atomic E-state index is 13.4. The van der Waals surface area contributed by atoms with Crippen LogP contribution in [-0.2, 0) is 11.3 Å². The highest BCUT2D eigenvalue weighted by atomic mass is 79.9. The van der Waals surface area contributed by atoms with Crippen LogP contribution < -0.4 is 20.3 Å². The van der Waals surface area contributed by atoms with Crippen LogP contribution in [0.4, 0.5) is 27.7 Å². The van der Waals surface area contributed by atoms with Gasteiger partial charge in [-0.05, 0) is 30.3 Å². The molecule has 4 heterocycles. The number of hydrogen-bond acceptors (Lipinski definition) is 8. The number of urea groups is 1. The summed E-state index contributed by atoms with van der Waals surface area (Å²) >= 11 is 4.63. The molecular formula is C26H23BrN6O4S. The molecule has 6 rings (SSSR count). The predicted molar refractivity (Wildman–Crippen MR) is 150 cm³/mol. The van der Waals surface area contributed by atoms with Crippen molar-refractivity contribution in [2.75, 3.05) is 48.9 Å². The molecule has 0 aliphatic carbocycles. The minimum atomic E-state index is -0.401. The van der Waals surface area contributed by atoms with Crippen LogP contribution in [0.2, 0.25) is 0 Å². The predicted octanol–water partition coefficient (Wildman–Crippen LogP) is 5.23. The van der Waals surface area contributed by atoms with Gasteiger partial charge in [-0.2, -0.15) is 0 Å². The second-order valence-corrected chi connectivity index (χ2v) is 10.7. The van der Waals surface area contributed by atoms with E-state index in [0.29, 0.717) is 43.7 Å². The minimum Gasteiger partial charge on any atom is -0.496 e. The van der Waals surface area contributed by atoms with Gasteiger partial charge in [0.05, 0.1) is 37.1 Å². The molecule has 2 aliphatic heterocycles. The number of halogens is 1. The lowest BCUT2D eigenvalue weighted by molar-refractivity contribution is 0.0339. The van der Waals surface area contributed by atoms with Gasteiger partial charge in [0.25, 0.3) is 5.91 Å². The Labute approximate surface area is 230 Å². The minimum absolute atomic E-state index is 0.349. The van der Waals surface area contributed by atoms with E-state index in [1.54, 1.807) is 7.11 Å². The summed E-state index contributed by atoms with van der Waals surface area (Å²) in [6.07, 6.45) is 1.40. The first-order valence-corrected chi connectivity index (χ1v) is 13.6. The Kier molecular flexibility index (Phi) is 6.70. The molecule has 10 nitrogen and oxygen atoms in total. The first-order chi connectivity index (χ1) is 18.5. The van der Waals surface area contributed by atoms with E-state index in [-0.39, 0.29) is 5.91 Å². The van der Waals surface area contributed by atoms with Crippen molar-refractivity contribution < 1.29 is 19.1 Å². The van der Waals surface area contributed by atoms with E-state index in [9.17, 15) is 9.59 Å². The monoisotopic (exact) mass is 594 g/mol. The largest absolute Gasteiger partial charge is 0.496 e. The highest BCUT2D eigenvalue weighted by Gasteiger charge is 2.33. The van der Waals surface area contributed by atoms with E-state index in [4.69, 9.17) is 9.47 Å². The lowest BCUT2D eigenvalue weighted by Crippen LogP contribution is -2.35. The number of carbonyl (C=O) groups is 2. The van der Waals surface area contributed by atoms with Crippen LogP contribution >= 0.6 is 27.3 Å². The van der Waals surface area contributed by atoms with Crippen molar-refractivity contribution in [2.45, 2.75) is 6.54 Å². The lowest BCUT2D eigenvalue weighted by Gasteiger charge is -2.27. The van der Waals surface area contributed by atoms with Gasteiger partial charge in [-0.3, -0.25) is 9.69 Å². The smallest absolute Gasteiger partial charge is 0.332 e. The number of ether oxygens (including phenoxy) is 2. The second-order valence-electron chi connectivity index (χ2n) is 8.79. The summed E-state index contributed by atoms with van der Waals surface area (Å²) in [5.74, 6) is 0.772. The summed E-state index contributed by atoms with van der Waals surface area (Å²) in [6, 6.07) is 12.6. The molecular weight excluding hydrogens is 572 g/mol. The topological polar surface area (TPSA) is 109 Å². The zero-order valence-corrected chi connectivity index (χ0v) is 22.8. The van der Waals surface area contributed by atoms with Gasteiger partial charge in [0.15, 0.2) is 5.82 Å². The summed E-state index contributed by atoms with van der Waals surface area (Å²) in [6.45, 7) is 3.91. The molecule has 0 atom stereocenters. The summed E-state index contributed by atoms with van der Waals surface area (Å²) in [4.78, 5) is 40.1. The summed E-state index contributed by atoms with van der Waals surface area (Å²) in [5.41, 5.74) is 2.68. The molecule has 2 aromatic carbocycles. The zero-order valence-electron chi connectivity index (χ0n) is 20.4. The average Bonchev–Trinajstić information content (AvgIpc) is 3.30. The van der Waals surface area contributed by atoms with Crippen molar-refractivity contribution in [1.82, 2.24) is 14.9 Å². The maximum atomic E-state index is 13.4. The molecule has 0 spiro atoms. The Morgan fingerprint density at radius 3 is 2.74 bits per heavy atom. The molecule has 194 valence electrons. The molecule has 2 aliphatic rings. The van der Waals surface area contributed by atoms with Crippen LogP contribution in [0.15, 0.2) is 53.3 Å². The summed E-state index contributed by atoms with van der Waals surface area (Å²) < 4.78 is 11.9. The van der Waals surface area contributed by atoms with Crippen LogP contribution in [0, 0.1) is 0 Å². The second kappa shape index (κ2) is 10.3. The number of nitrogens with one attached hydrogen (secondary N) is 2. The van der Waals surface area contributed by atoms with Crippen molar-refractivity contribution in [3.8, 4) is 5.75 Å². The molecule has 0 unspecified atom stereocenters. The normalized spacial score (nSPS) is 15.4. The Morgan fingerprint density at radius 2 is 1.97 bits per heavy atom. The summed E-state index contributed by atoms with van der Waals surface area (Å²) in [7, 11) is 1.62. The molecule has 0 bridgehead atoms. The lowest BCUT2D eigenvalue weighted by atomic mass is 10.1. The Hall–Kier alpha value is -3.58. The van der Waals surface area contributed by atoms with Gasteiger partial charge in [0.2, 0.25) is 0 Å². The van der Waals surface area contributed by atoms with Crippen LogP contribution in [-0.4, -0.2) is 60.2 Å². The Bertz CT molecular complexity index is 1540. The highest BCUT2D eigenvalue weighted by Crippen LogP contribution is 2.45. The molecule has 0 radical (unpaired) electrons. The molecule has 2 N–H and O–H groups in total. The van der Waals surface area contributed by atoms with Crippen molar-refractivity contribution >= 4 is 72.3 Å². The van der Waals surface area contributed by atoms with Gasteiger partial charge in [-0.25, -0.2) is 19.7 Å². The highest BCUT2D eigenvalue weighted by molar-refractivity contribution is 9.10. The Morgan fingerprint density at radius 1 is 1.18 bits per heavy atom. The molecule has 0 saturated carbocycles. The molecule has 12 heteroatoms. The quantitative estimate of drug-likeness (QED) is 0.314. The number of morpholine rings is 1. The van der Waals surface area contributed by atoms with E-state index >= 15 is 0 Å². The number of amides is 3. The van der Waals surface area contributed by atoms with Crippen LogP contribution in [0.1, 0.15) is 15.2 Å². The van der Waals surface area contributed by atoms with Gasteiger partial charge < -0.3 is 20.1 Å². The summed E-state index contributed by atoms with van der Waals surface area (Å²) in [5, 5.41) is 6.46. The SMILES string of the molecule is COc1cc(NC(=O)c2sc3ncnc4c3c2NC(=O)N4c2ccc(Br)cc2)ccc1CN1CCOCC1. The molecule has 1 fully saturated rings. The standard InChI is InChI=1S/C26H23BrN6O4S/c1-36-19-12-17(5-2-15(19)13-32-8-10-37-11-9-32)30-24(34)22-21-20-23(28-14-29-25(20)38-22)33(26(35)31-21)18-6-3-16(27)4-7-18/h2-7,12,14H,8-11,13H2,1H3,(H,30,34)(H,31,35). The van der Waals surface area contributed by atoms with Crippen molar-refractivity contribution in [3.63, 3.8) is 0 Å². The fourth-order valence-corrected chi connectivity index (χ4v) is 5.85. The number of methoxy groups -OCH3 is 1. The molecule has 2 aromatic heterocycles. The average molecular weight is 595 g/mol. The number of thiophene rings is 1. The van der Waals surface area contributed by atoms with E-state index in [0.717, 1.165) is 42.9 Å². The fraction of sp³-hybridized carbons (Fsp3) is 0.231. The fourth-order valence-electron chi connectivity index (χ4n) is 4.60. The molecule has 4 aromatic rings. The first-order valence-electron chi connectivity index (χ1n) is 11.9. The van der Waals surface area contributed by atoms with Crippen molar-refractivity contribution in [1.29, 1.82) is 0 Å². The molecule has 38 heavy (non-hydrogen) atoms. The number of anilines is 4. The molecule has 3 amide bonds. The van der Waals surface area contributed by atoms with Crippen LogP contribution in [0.3, 0.4) is 0 Å². The first kappa shape index (κ1) is 24.7. The zero-order chi connectivity index (χ0) is 26.2. The van der Waals surface area contributed by atoms with E-state index in [1.807, 2.05) is 42.5 Å². The van der Waals surface area contributed by atoms with Crippen LogP contribution in [0.25, 0.3) is 10.2 Å². The van der Waals surface area contributed by atoms with Crippen molar-refractivity contribution in [3.05, 3.63) is 63.7 Å². The number of nitrogens with zero attached hydrogens (tertiary/aromatic N) is 4. The number of aromatic nitrogens is 2. The van der Waals surface area contributed by atoms with E-state index in [1.165, 1.54) is 22.6 Å². The van der Waals surface area contributed by atoms with Gasteiger partial charge in [0.1, 0.15) is 21.8 Å². The van der Waals surface area contributed by atoms with E-state index < -0.39 is 6.03 Å². The van der Waals surface area contributed by atoms with Crippen molar-refractivity contribution in [2.24, 2.45) is 0 Å². The third-order valence-electron chi connectivity index (χ3n) is 6.45. The van der Waals surface area contributed by atoms with Gasteiger partial charge in [0, 0.05) is 41.4 Å². The van der Waals surface area contributed by atoms with Gasteiger partial charge in [-0.15, -0.1) is 11.3 Å². The van der Waals surface area contributed by atoms with Gasteiger partial charge >= 0.3 is 6.03 Å². The van der Waals surface area contributed by atoms with Gasteiger partial charge in [-0.1, -0.05) is 22.0 Å². The number of carbonyl (C=O) groups excluding carboxylic acids is 2. The van der Waals surface area contributed by atoms with E-state index in [2.05, 4.69) is 41.4 Å². The maximum Gasteiger partial charge on any atom is 0.332 e. The number of benzene rings is 2. The van der Waals surface area contributed by atoms with Crippen LogP contribution in [0.5, 0.6) is 5.75 Å². The molecule has 1 saturated heterocycles. The number of hydrogen-bond donors (Lipinski definition) is 2. The Balaban J connectivity index is 1.29. The number of rotatable bonds is 6. The third-order valence-corrected chi connectivity index (χ3v) is 8.07.